The van der Waals surface area contributed by atoms with Gasteiger partial charge in [0.1, 0.15) is 30.3 Å². The minimum atomic E-state index is -0.689. The average Bonchev–Trinajstić information content (AvgIpc) is 2.55. The number of carbonyl (C=O) groups is 2. The normalized spacial score (nSPS) is 22.5. The SMILES string of the molecule is COc1ccc(OC2C=C[C@H](OC(C)=O)[C@@H](COC(C)=O)O2)cc1. The van der Waals surface area contributed by atoms with E-state index in [1.54, 1.807) is 43.5 Å². The van der Waals surface area contributed by atoms with Crippen molar-refractivity contribution in [3.63, 3.8) is 0 Å². The van der Waals surface area contributed by atoms with Gasteiger partial charge in [-0.15, -0.1) is 0 Å². The van der Waals surface area contributed by atoms with Gasteiger partial charge in [-0.2, -0.15) is 0 Å². The maximum Gasteiger partial charge on any atom is 0.303 e. The Labute approximate surface area is 140 Å². The maximum atomic E-state index is 11.2. The molecule has 0 fully saturated rings. The van der Waals surface area contributed by atoms with Crippen LogP contribution in [0.4, 0.5) is 0 Å². The maximum absolute atomic E-state index is 11.2. The second-order valence-electron chi connectivity index (χ2n) is 5.10. The molecule has 0 spiro atoms. The number of esters is 2. The van der Waals surface area contributed by atoms with E-state index in [0.29, 0.717) is 11.5 Å². The first-order chi connectivity index (χ1) is 11.5. The lowest BCUT2D eigenvalue weighted by molar-refractivity contribution is -0.178. The summed E-state index contributed by atoms with van der Waals surface area (Å²) < 4.78 is 26.6. The van der Waals surface area contributed by atoms with Crippen LogP contribution in [0.2, 0.25) is 0 Å². The molecule has 0 N–H and O–H groups in total. The van der Waals surface area contributed by atoms with Gasteiger partial charge in [0.15, 0.2) is 0 Å². The van der Waals surface area contributed by atoms with E-state index < -0.39 is 30.4 Å². The second-order valence-corrected chi connectivity index (χ2v) is 5.10. The standard InChI is InChI=1S/C17H20O7/c1-11(18)21-10-16-15(22-12(2)19)8-9-17(24-16)23-14-6-4-13(20-3)5-7-14/h4-9,15-17H,10H2,1-3H3/t15-,16+,17?/m0/s1. The highest BCUT2D eigenvalue weighted by Gasteiger charge is 2.31. The van der Waals surface area contributed by atoms with Gasteiger partial charge in [-0.1, -0.05) is 0 Å². The van der Waals surface area contributed by atoms with E-state index in [9.17, 15) is 9.59 Å². The van der Waals surface area contributed by atoms with E-state index in [-0.39, 0.29) is 6.61 Å². The Balaban J connectivity index is 2.02. The van der Waals surface area contributed by atoms with Crippen LogP contribution < -0.4 is 9.47 Å². The Morgan fingerprint density at radius 2 is 1.71 bits per heavy atom. The van der Waals surface area contributed by atoms with Gasteiger partial charge in [-0.05, 0) is 36.4 Å². The molecular weight excluding hydrogens is 316 g/mol. The number of ether oxygens (including phenoxy) is 5. The fraction of sp³-hybridized carbons (Fsp3) is 0.412. The summed E-state index contributed by atoms with van der Waals surface area (Å²) >= 11 is 0. The van der Waals surface area contributed by atoms with Crippen LogP contribution in [0.1, 0.15) is 13.8 Å². The Morgan fingerprint density at radius 3 is 2.29 bits per heavy atom. The summed E-state index contributed by atoms with van der Waals surface area (Å²) in [7, 11) is 1.58. The molecule has 1 heterocycles. The van der Waals surface area contributed by atoms with Crippen molar-refractivity contribution in [1.29, 1.82) is 0 Å². The number of rotatable bonds is 6. The zero-order valence-electron chi connectivity index (χ0n) is 13.8. The first-order valence-electron chi connectivity index (χ1n) is 7.43. The Morgan fingerprint density at radius 1 is 1.04 bits per heavy atom. The average molecular weight is 336 g/mol. The lowest BCUT2D eigenvalue weighted by atomic mass is 10.1. The lowest BCUT2D eigenvalue weighted by Gasteiger charge is -2.31. The molecule has 2 rings (SSSR count). The molecule has 3 atom stereocenters. The zero-order chi connectivity index (χ0) is 17.5. The molecule has 7 heteroatoms. The van der Waals surface area contributed by atoms with Crippen molar-refractivity contribution in [3.8, 4) is 11.5 Å². The highest BCUT2D eigenvalue weighted by Crippen LogP contribution is 2.22. The van der Waals surface area contributed by atoms with E-state index in [1.807, 2.05) is 0 Å². The van der Waals surface area contributed by atoms with Crippen molar-refractivity contribution >= 4 is 11.9 Å². The van der Waals surface area contributed by atoms with Crippen LogP contribution in [0.15, 0.2) is 36.4 Å². The first-order valence-corrected chi connectivity index (χ1v) is 7.43. The Bertz CT molecular complexity index is 593. The second kappa shape index (κ2) is 8.35. The summed E-state index contributed by atoms with van der Waals surface area (Å²) in [5.41, 5.74) is 0. The molecule has 1 unspecified atom stereocenters. The van der Waals surface area contributed by atoms with Crippen LogP contribution in [-0.4, -0.2) is 44.2 Å². The number of hydrogen-bond acceptors (Lipinski definition) is 7. The van der Waals surface area contributed by atoms with Crippen molar-refractivity contribution in [1.82, 2.24) is 0 Å². The quantitative estimate of drug-likeness (QED) is 0.579. The molecule has 0 aliphatic carbocycles. The topological polar surface area (TPSA) is 80.3 Å². The molecule has 1 aromatic rings. The molecule has 0 radical (unpaired) electrons. The van der Waals surface area contributed by atoms with Gasteiger partial charge in [0.05, 0.1) is 7.11 Å². The molecule has 0 saturated heterocycles. The van der Waals surface area contributed by atoms with Crippen LogP contribution in [0.3, 0.4) is 0 Å². The van der Waals surface area contributed by atoms with Gasteiger partial charge in [0.25, 0.3) is 0 Å². The molecule has 0 bridgehead atoms. The molecule has 1 aliphatic heterocycles. The van der Waals surface area contributed by atoms with E-state index in [0.717, 1.165) is 0 Å². The van der Waals surface area contributed by atoms with Crippen LogP contribution in [-0.2, 0) is 23.8 Å². The molecule has 24 heavy (non-hydrogen) atoms. The number of benzene rings is 1. The summed E-state index contributed by atoms with van der Waals surface area (Å²) in [5, 5.41) is 0. The first kappa shape index (κ1) is 17.8. The number of hydrogen-bond donors (Lipinski definition) is 0. The van der Waals surface area contributed by atoms with Gasteiger partial charge < -0.3 is 23.7 Å². The molecular formula is C17H20O7. The van der Waals surface area contributed by atoms with Crippen LogP contribution in [0.5, 0.6) is 11.5 Å². The summed E-state index contributed by atoms with van der Waals surface area (Å²) in [5.74, 6) is 0.408. The zero-order valence-corrected chi connectivity index (χ0v) is 13.8. The van der Waals surface area contributed by atoms with E-state index in [1.165, 1.54) is 13.8 Å². The van der Waals surface area contributed by atoms with Crippen LogP contribution in [0.25, 0.3) is 0 Å². The van der Waals surface area contributed by atoms with Gasteiger partial charge in [0.2, 0.25) is 6.29 Å². The van der Waals surface area contributed by atoms with Crippen molar-refractivity contribution in [3.05, 3.63) is 36.4 Å². The minimum Gasteiger partial charge on any atom is -0.497 e. The predicted octanol–water partition coefficient (Wildman–Crippen LogP) is 1.85. The molecule has 1 aliphatic rings. The minimum absolute atomic E-state index is 0.0416. The van der Waals surface area contributed by atoms with Crippen molar-refractivity contribution in [2.24, 2.45) is 0 Å². The number of carbonyl (C=O) groups excluding carboxylic acids is 2. The van der Waals surface area contributed by atoms with Crippen molar-refractivity contribution < 1.29 is 33.3 Å². The predicted molar refractivity (Wildman–Crippen MR) is 83.6 cm³/mol. The van der Waals surface area contributed by atoms with Gasteiger partial charge in [-0.3, -0.25) is 9.59 Å². The van der Waals surface area contributed by atoms with Gasteiger partial charge >= 0.3 is 11.9 Å². The Kier molecular flexibility index (Phi) is 6.20. The summed E-state index contributed by atoms with van der Waals surface area (Å²) in [6.45, 7) is 2.56. The molecule has 130 valence electrons. The third kappa shape index (κ3) is 5.27. The highest BCUT2D eigenvalue weighted by molar-refractivity contribution is 5.66. The van der Waals surface area contributed by atoms with Crippen LogP contribution >= 0.6 is 0 Å². The molecule has 0 amide bonds. The molecule has 0 saturated carbocycles. The lowest BCUT2D eigenvalue weighted by Crippen LogP contribution is -2.42. The summed E-state index contributed by atoms with van der Waals surface area (Å²) in [4.78, 5) is 22.2. The van der Waals surface area contributed by atoms with E-state index >= 15 is 0 Å². The third-order valence-corrected chi connectivity index (χ3v) is 3.20. The van der Waals surface area contributed by atoms with Gasteiger partial charge in [0, 0.05) is 13.8 Å². The summed E-state index contributed by atoms with van der Waals surface area (Å²) in [6.07, 6.45) is 1.32. The third-order valence-electron chi connectivity index (χ3n) is 3.20. The number of methoxy groups -OCH3 is 1. The molecule has 0 aromatic heterocycles. The fourth-order valence-electron chi connectivity index (χ4n) is 2.12. The van der Waals surface area contributed by atoms with Crippen molar-refractivity contribution in [2.75, 3.05) is 13.7 Å². The monoisotopic (exact) mass is 336 g/mol. The molecule has 1 aromatic carbocycles. The summed E-state index contributed by atoms with van der Waals surface area (Å²) in [6, 6.07) is 7.02. The highest BCUT2D eigenvalue weighted by atomic mass is 16.7. The smallest absolute Gasteiger partial charge is 0.303 e. The van der Waals surface area contributed by atoms with E-state index in [4.69, 9.17) is 23.7 Å². The van der Waals surface area contributed by atoms with Gasteiger partial charge in [-0.25, -0.2) is 0 Å². The van der Waals surface area contributed by atoms with Crippen molar-refractivity contribution in [2.45, 2.75) is 32.3 Å². The fourth-order valence-corrected chi connectivity index (χ4v) is 2.12. The Hall–Kier alpha value is -2.54. The van der Waals surface area contributed by atoms with E-state index in [2.05, 4.69) is 0 Å². The largest absolute Gasteiger partial charge is 0.497 e. The molecule has 7 nitrogen and oxygen atoms in total. The van der Waals surface area contributed by atoms with Crippen LogP contribution in [0, 0.1) is 0 Å².